The molecule has 77 heavy (non-hydrogen) atoms. The van der Waals surface area contributed by atoms with Gasteiger partial charge < -0.3 is 44.2 Å². The van der Waals surface area contributed by atoms with E-state index >= 15 is 0 Å². The molecule has 0 bridgehead atoms. The molecule has 2 aliphatic carbocycles. The maximum absolute atomic E-state index is 14.9. The van der Waals surface area contributed by atoms with Crippen molar-refractivity contribution in [2.75, 3.05) is 66.1 Å². The van der Waals surface area contributed by atoms with E-state index in [4.69, 9.17) is 23.9 Å². The van der Waals surface area contributed by atoms with E-state index in [9.17, 15) is 36.9 Å². The topological polar surface area (TPSA) is 248 Å². The van der Waals surface area contributed by atoms with E-state index in [1.54, 1.807) is 19.2 Å². The molecule has 1 spiro atoms. The predicted octanol–water partition coefficient (Wildman–Crippen LogP) is 7.40. The third-order valence-corrected chi connectivity index (χ3v) is 20.4. The molecule has 2 saturated carbocycles. The normalized spacial score (nSPS) is 27.1. The van der Waals surface area contributed by atoms with Crippen LogP contribution >= 0.6 is 0 Å². The zero-order chi connectivity index (χ0) is 53.6. The SMILES string of the molecule is CC(C)Oc1ccccc1[C@@H]1CS(=O)(=O)CCN1C1CC2(CCN(c3ccc(C(=O)NS(=O)(=O)c4cc5c(c([N+](=O)[O-])c4)N[C@@H](C4CCC(C)(O)CC4)CO5)c(N4c5cc6cc[nH]c6nc5O[C@H]5COCC[C@@H]54)c3)CC2)C1. The second-order valence-corrected chi connectivity index (χ2v) is 26.8. The molecule has 4 atom stereocenters. The fraction of sp³-hybridized carbons (Fsp3) is 0.527. The number of hydrogen-bond acceptors (Lipinski definition) is 17. The molecule has 5 aromatic rings. The van der Waals surface area contributed by atoms with Gasteiger partial charge in [0, 0.05) is 67.2 Å². The summed E-state index contributed by atoms with van der Waals surface area (Å²) in [5.41, 5.74) is 2.31. The van der Waals surface area contributed by atoms with Gasteiger partial charge in [-0.05, 0) is 126 Å². The Bertz CT molecular complexity index is 3340. The number of carbonyl (C=O) groups is 1. The zero-order valence-corrected chi connectivity index (χ0v) is 45.1. The lowest BCUT2D eigenvalue weighted by molar-refractivity contribution is -0.384. The highest BCUT2D eigenvalue weighted by molar-refractivity contribution is 7.91. The van der Waals surface area contributed by atoms with Gasteiger partial charge >= 0.3 is 0 Å². The maximum atomic E-state index is 14.9. The number of nitro benzene ring substituents is 1. The van der Waals surface area contributed by atoms with Crippen molar-refractivity contribution in [1.29, 1.82) is 0 Å². The Labute approximate surface area is 447 Å². The second-order valence-electron chi connectivity index (χ2n) is 22.9. The summed E-state index contributed by atoms with van der Waals surface area (Å²) in [7, 11) is -8.00. The largest absolute Gasteiger partial charge is 0.491 e. The van der Waals surface area contributed by atoms with Gasteiger partial charge in [0.15, 0.2) is 21.3 Å². The summed E-state index contributed by atoms with van der Waals surface area (Å²) < 4.78 is 82.1. The smallest absolute Gasteiger partial charge is 0.297 e. The third kappa shape index (κ3) is 9.93. The molecule has 12 rings (SSSR count). The van der Waals surface area contributed by atoms with Crippen molar-refractivity contribution in [3.8, 4) is 17.4 Å². The van der Waals surface area contributed by atoms with E-state index < -0.39 is 53.0 Å². The highest BCUT2D eigenvalue weighted by Crippen LogP contribution is 2.54. The average Bonchev–Trinajstić information content (AvgIpc) is 3.95. The Hall–Kier alpha value is -6.20. The van der Waals surface area contributed by atoms with Gasteiger partial charge in [0.05, 0.1) is 69.0 Å². The number of nitrogens with zero attached hydrogens (tertiary/aromatic N) is 5. The van der Waals surface area contributed by atoms with Crippen molar-refractivity contribution < 1.29 is 50.6 Å². The molecule has 20 nitrogen and oxygen atoms in total. The molecular weight excluding hydrogens is 1030 g/mol. The number of nitro groups is 1. The molecule has 7 heterocycles. The van der Waals surface area contributed by atoms with Gasteiger partial charge in [-0.25, -0.2) is 21.6 Å². The number of carbonyl (C=O) groups excluding carboxylic acids is 1. The molecule has 0 unspecified atom stereocenters. The van der Waals surface area contributed by atoms with Crippen molar-refractivity contribution in [3.63, 3.8) is 0 Å². The Balaban J connectivity index is 0.828. The van der Waals surface area contributed by atoms with Gasteiger partial charge in [-0.3, -0.25) is 19.8 Å². The number of piperidine rings is 1. The lowest BCUT2D eigenvalue weighted by atomic mass is 9.59. The van der Waals surface area contributed by atoms with Crippen LogP contribution < -0.4 is 34.0 Å². The van der Waals surface area contributed by atoms with Crippen LogP contribution in [0.5, 0.6) is 17.4 Å². The minimum absolute atomic E-state index is 0.0139. The van der Waals surface area contributed by atoms with Crippen LogP contribution in [0, 0.1) is 21.4 Å². The van der Waals surface area contributed by atoms with Gasteiger partial charge in [0.25, 0.3) is 21.6 Å². The minimum atomic E-state index is -4.75. The molecule has 22 heteroatoms. The molecule has 1 amide bonds. The molecule has 3 aromatic carbocycles. The highest BCUT2D eigenvalue weighted by atomic mass is 32.2. The number of fused-ring (bicyclic) bond motifs is 4. The lowest BCUT2D eigenvalue weighted by Crippen LogP contribution is -2.58. The molecule has 4 N–H and O–H groups in total. The monoisotopic (exact) mass is 1090 g/mol. The van der Waals surface area contributed by atoms with E-state index in [-0.39, 0.29) is 83.3 Å². The number of para-hydroxylation sites is 1. The van der Waals surface area contributed by atoms with E-state index in [1.165, 1.54) is 6.07 Å². The first-order chi connectivity index (χ1) is 36.8. The van der Waals surface area contributed by atoms with Gasteiger partial charge in [0.2, 0.25) is 5.88 Å². The molecule has 2 aromatic heterocycles. The van der Waals surface area contributed by atoms with Crippen molar-refractivity contribution in [1.82, 2.24) is 19.6 Å². The number of nitrogens with one attached hydrogen (secondary N) is 3. The van der Waals surface area contributed by atoms with Crippen molar-refractivity contribution in [2.45, 2.75) is 125 Å². The summed E-state index contributed by atoms with van der Waals surface area (Å²) in [5, 5.41) is 27.2. The summed E-state index contributed by atoms with van der Waals surface area (Å²) >= 11 is 0. The number of amides is 1. The first kappa shape index (κ1) is 51.6. The van der Waals surface area contributed by atoms with E-state index in [0.29, 0.717) is 68.2 Å². The standard InChI is InChI=1S/C55H66N8O12S2/c1-33(2)74-47-7-5-4-6-39(47)46-32-76(68,69)23-21-61(46)37-28-55(29-37)16-19-60(20-17-55)36-8-9-40(43(25-36)62-42-13-22-72-31-49(42)75-53-45(62)24-35-12-18-56-51(35)58-53)52(64)59-77(70,71)38-26-44(63(66)67)50-48(27-38)73-30-41(57-50)34-10-14-54(3,65)15-11-34/h4-9,12,18,24-27,33-34,37,41-42,46,49,57,65H,10-11,13-17,19-23,28-32H2,1-3H3,(H,56,58)(H,59,64)/t34?,41-,42+,46+,49+,54?/m1/s1. The number of sulfone groups is 1. The van der Waals surface area contributed by atoms with Crippen LogP contribution in [-0.4, -0.2) is 135 Å². The van der Waals surface area contributed by atoms with Crippen LogP contribution in [0.4, 0.5) is 28.4 Å². The number of hydrogen-bond donors (Lipinski definition) is 4. The van der Waals surface area contributed by atoms with Crippen LogP contribution in [-0.2, 0) is 24.6 Å². The average molecular weight is 1100 g/mol. The first-order valence-electron chi connectivity index (χ1n) is 27.0. The van der Waals surface area contributed by atoms with Gasteiger partial charge in [-0.2, -0.15) is 4.98 Å². The Morgan fingerprint density at radius 1 is 0.987 bits per heavy atom. The number of benzene rings is 3. The van der Waals surface area contributed by atoms with Gasteiger partial charge in [0.1, 0.15) is 29.8 Å². The highest BCUT2D eigenvalue weighted by Gasteiger charge is 2.51. The number of H-pyrrole nitrogens is 1. The number of anilines is 4. The number of pyridine rings is 1. The van der Waals surface area contributed by atoms with Gasteiger partial charge in [-0.1, -0.05) is 18.2 Å². The number of sulfonamides is 1. The van der Waals surface area contributed by atoms with E-state index in [1.807, 2.05) is 67.3 Å². The summed E-state index contributed by atoms with van der Waals surface area (Å²) in [6.07, 6.45) is 8.02. The molecule has 410 valence electrons. The summed E-state index contributed by atoms with van der Waals surface area (Å²) in [4.78, 5) is 41.0. The van der Waals surface area contributed by atoms with Crippen LogP contribution in [0.1, 0.15) is 101 Å². The zero-order valence-electron chi connectivity index (χ0n) is 43.5. The Kier molecular flexibility index (Phi) is 13.1. The molecule has 3 saturated heterocycles. The number of aromatic nitrogens is 2. The molecular formula is C55H66N8O12S2. The molecule has 5 aliphatic heterocycles. The van der Waals surface area contributed by atoms with E-state index in [0.717, 1.165) is 67.2 Å². The Morgan fingerprint density at radius 2 is 1.77 bits per heavy atom. The van der Waals surface area contributed by atoms with Crippen LogP contribution in [0.15, 0.2) is 77.8 Å². The fourth-order valence-electron chi connectivity index (χ4n) is 13.2. The van der Waals surface area contributed by atoms with Crippen molar-refractivity contribution >= 4 is 65.2 Å². The van der Waals surface area contributed by atoms with E-state index in [2.05, 4.69) is 24.8 Å². The quantitative estimate of drug-likeness (QED) is 0.0743. The van der Waals surface area contributed by atoms with Crippen molar-refractivity contribution in [3.05, 3.63) is 94.2 Å². The van der Waals surface area contributed by atoms with Crippen molar-refractivity contribution in [2.24, 2.45) is 11.3 Å². The summed E-state index contributed by atoms with van der Waals surface area (Å²) in [5.74, 6) is 0.355. The summed E-state index contributed by atoms with van der Waals surface area (Å²) in [6, 6.07) is 18.5. The van der Waals surface area contributed by atoms with Crippen LogP contribution in [0.25, 0.3) is 11.0 Å². The lowest BCUT2D eigenvalue weighted by Gasteiger charge is -2.57. The predicted molar refractivity (Wildman–Crippen MR) is 289 cm³/mol. The van der Waals surface area contributed by atoms with Crippen LogP contribution in [0.2, 0.25) is 0 Å². The number of ether oxygens (including phenoxy) is 4. The summed E-state index contributed by atoms with van der Waals surface area (Å²) in [6.45, 7) is 8.48. The number of rotatable bonds is 11. The third-order valence-electron chi connectivity index (χ3n) is 17.4. The molecule has 0 radical (unpaired) electrons. The maximum Gasteiger partial charge on any atom is 0.297 e. The Morgan fingerprint density at radius 3 is 2.53 bits per heavy atom. The number of aliphatic hydroxyl groups is 1. The molecule has 7 aliphatic rings. The van der Waals surface area contributed by atoms with Crippen LogP contribution in [0.3, 0.4) is 0 Å². The molecule has 5 fully saturated rings. The first-order valence-corrected chi connectivity index (χ1v) is 30.3. The minimum Gasteiger partial charge on any atom is -0.491 e. The fourth-order valence-corrected chi connectivity index (χ4v) is 15.7. The van der Waals surface area contributed by atoms with Gasteiger partial charge in [-0.15, -0.1) is 0 Å². The second kappa shape index (κ2) is 19.6. The number of aromatic amines is 1.